The van der Waals surface area contributed by atoms with E-state index in [1.807, 2.05) is 13.8 Å². The second-order valence-electron chi connectivity index (χ2n) is 3.30. The van der Waals surface area contributed by atoms with Crippen molar-refractivity contribution in [3.05, 3.63) is 0 Å². The van der Waals surface area contributed by atoms with E-state index < -0.39 is 0 Å². The number of likely N-dealkylation sites (tertiary alicyclic amines) is 1. The van der Waals surface area contributed by atoms with E-state index in [9.17, 15) is 4.79 Å². The zero-order chi connectivity index (χ0) is 9.14. The molecule has 0 bridgehead atoms. The molecule has 2 atom stereocenters. The summed E-state index contributed by atoms with van der Waals surface area (Å²) in [5.41, 5.74) is 0. The van der Waals surface area contributed by atoms with Gasteiger partial charge >= 0.3 is 6.03 Å². The van der Waals surface area contributed by atoms with Gasteiger partial charge in [0, 0.05) is 18.6 Å². The molecule has 0 radical (unpaired) electrons. The third-order valence-electron chi connectivity index (χ3n) is 2.25. The van der Waals surface area contributed by atoms with Crippen molar-refractivity contribution in [2.75, 3.05) is 13.2 Å². The summed E-state index contributed by atoms with van der Waals surface area (Å²) < 4.78 is 0. The maximum absolute atomic E-state index is 11.3. The molecule has 0 aliphatic carbocycles. The first kappa shape index (κ1) is 9.32. The van der Waals surface area contributed by atoms with Gasteiger partial charge in [-0.3, -0.25) is 0 Å². The molecule has 4 heteroatoms. The van der Waals surface area contributed by atoms with Gasteiger partial charge in [-0.05, 0) is 20.3 Å². The van der Waals surface area contributed by atoms with E-state index in [4.69, 9.17) is 5.11 Å². The van der Waals surface area contributed by atoms with Crippen LogP contribution in [-0.2, 0) is 0 Å². The molecule has 70 valence electrons. The van der Waals surface area contributed by atoms with Crippen LogP contribution in [0.2, 0.25) is 0 Å². The first-order valence-electron chi connectivity index (χ1n) is 4.34. The van der Waals surface area contributed by atoms with Gasteiger partial charge in [0.05, 0.1) is 6.61 Å². The number of hydrogen-bond donors (Lipinski definition) is 2. The Morgan fingerprint density at radius 1 is 1.58 bits per heavy atom. The average Bonchev–Trinajstić information content (AvgIpc) is 2.00. The summed E-state index contributed by atoms with van der Waals surface area (Å²) in [6.07, 6.45) is 1.08. The van der Waals surface area contributed by atoms with Crippen LogP contribution in [0.15, 0.2) is 0 Å². The van der Waals surface area contributed by atoms with Gasteiger partial charge in [0.25, 0.3) is 0 Å². The lowest BCUT2D eigenvalue weighted by molar-refractivity contribution is 0.0725. The van der Waals surface area contributed by atoms with Crippen molar-refractivity contribution >= 4 is 6.03 Å². The number of hydrogen-bond acceptors (Lipinski definition) is 2. The number of nitrogens with one attached hydrogen (secondary N) is 1. The minimum Gasteiger partial charge on any atom is -0.395 e. The monoisotopic (exact) mass is 172 g/mol. The van der Waals surface area contributed by atoms with E-state index in [1.54, 1.807) is 4.90 Å². The Labute approximate surface area is 72.6 Å². The molecule has 1 aliphatic heterocycles. The van der Waals surface area contributed by atoms with Crippen LogP contribution in [0.3, 0.4) is 0 Å². The summed E-state index contributed by atoms with van der Waals surface area (Å²) in [4.78, 5) is 13.1. The highest BCUT2D eigenvalue weighted by molar-refractivity contribution is 5.75. The van der Waals surface area contributed by atoms with E-state index in [1.165, 1.54) is 0 Å². The van der Waals surface area contributed by atoms with Crippen LogP contribution in [0.4, 0.5) is 4.79 Å². The van der Waals surface area contributed by atoms with Crippen molar-refractivity contribution < 1.29 is 9.90 Å². The Morgan fingerprint density at radius 3 is 2.58 bits per heavy atom. The topological polar surface area (TPSA) is 52.6 Å². The van der Waals surface area contributed by atoms with E-state index in [0.717, 1.165) is 6.42 Å². The third-order valence-corrected chi connectivity index (χ3v) is 2.25. The summed E-state index contributed by atoms with van der Waals surface area (Å²) in [6.45, 7) is 4.40. The Morgan fingerprint density at radius 2 is 2.17 bits per heavy atom. The molecule has 0 aromatic heterocycles. The molecule has 0 spiro atoms. The van der Waals surface area contributed by atoms with Crippen molar-refractivity contribution in [3.63, 3.8) is 0 Å². The van der Waals surface area contributed by atoms with Crippen molar-refractivity contribution in [2.24, 2.45) is 0 Å². The summed E-state index contributed by atoms with van der Waals surface area (Å²) in [5, 5.41) is 11.1. The van der Waals surface area contributed by atoms with Crippen molar-refractivity contribution in [1.82, 2.24) is 10.2 Å². The SMILES string of the molecule is CC1CC(C)N1C(=O)NCCO. The highest BCUT2D eigenvalue weighted by Crippen LogP contribution is 2.24. The molecular weight excluding hydrogens is 156 g/mol. The van der Waals surface area contributed by atoms with Gasteiger partial charge in [-0.1, -0.05) is 0 Å². The Bertz CT molecular complexity index is 164. The number of amides is 2. The highest BCUT2D eigenvalue weighted by Gasteiger charge is 2.35. The Balaban J connectivity index is 2.31. The molecule has 0 aromatic carbocycles. The van der Waals surface area contributed by atoms with Gasteiger partial charge in [-0.25, -0.2) is 4.79 Å². The maximum atomic E-state index is 11.3. The van der Waals surface area contributed by atoms with Crippen LogP contribution in [-0.4, -0.2) is 41.3 Å². The Hall–Kier alpha value is -0.770. The minimum absolute atomic E-state index is 0.00232. The maximum Gasteiger partial charge on any atom is 0.317 e. The first-order chi connectivity index (χ1) is 5.66. The second kappa shape index (κ2) is 3.76. The molecule has 1 saturated heterocycles. The zero-order valence-corrected chi connectivity index (χ0v) is 7.58. The normalized spacial score (nSPS) is 28.1. The Kier molecular flexibility index (Phi) is 2.92. The number of aliphatic hydroxyl groups is 1. The number of carbonyl (C=O) groups excluding carboxylic acids is 1. The van der Waals surface area contributed by atoms with Crippen LogP contribution < -0.4 is 5.32 Å². The number of carbonyl (C=O) groups is 1. The molecule has 0 aromatic rings. The smallest absolute Gasteiger partial charge is 0.317 e. The van der Waals surface area contributed by atoms with Gasteiger partial charge < -0.3 is 15.3 Å². The molecule has 2 amide bonds. The van der Waals surface area contributed by atoms with E-state index in [-0.39, 0.29) is 12.6 Å². The predicted molar refractivity (Wildman–Crippen MR) is 45.9 cm³/mol. The molecule has 2 unspecified atom stereocenters. The molecule has 2 N–H and O–H groups in total. The summed E-state index contributed by atoms with van der Waals surface area (Å²) >= 11 is 0. The van der Waals surface area contributed by atoms with E-state index >= 15 is 0 Å². The van der Waals surface area contributed by atoms with Crippen molar-refractivity contribution in [2.45, 2.75) is 32.4 Å². The minimum atomic E-state index is -0.0599. The molecule has 4 nitrogen and oxygen atoms in total. The lowest BCUT2D eigenvalue weighted by Gasteiger charge is -2.45. The number of rotatable bonds is 2. The van der Waals surface area contributed by atoms with Gasteiger partial charge in [-0.2, -0.15) is 0 Å². The fourth-order valence-electron chi connectivity index (χ4n) is 1.67. The average molecular weight is 172 g/mol. The third kappa shape index (κ3) is 1.69. The first-order valence-corrected chi connectivity index (χ1v) is 4.34. The van der Waals surface area contributed by atoms with Crippen LogP contribution >= 0.6 is 0 Å². The van der Waals surface area contributed by atoms with Gasteiger partial charge in [0.15, 0.2) is 0 Å². The van der Waals surface area contributed by atoms with E-state index in [2.05, 4.69) is 5.32 Å². The molecule has 0 saturated carbocycles. The fraction of sp³-hybridized carbons (Fsp3) is 0.875. The summed E-state index contributed by atoms with van der Waals surface area (Å²) in [6, 6.07) is 0.632. The summed E-state index contributed by atoms with van der Waals surface area (Å²) in [5.74, 6) is 0. The van der Waals surface area contributed by atoms with Crippen molar-refractivity contribution in [3.8, 4) is 0 Å². The largest absolute Gasteiger partial charge is 0.395 e. The predicted octanol–water partition coefficient (Wildman–Crippen LogP) is 0.171. The van der Waals surface area contributed by atoms with Crippen molar-refractivity contribution in [1.29, 1.82) is 0 Å². The fourth-order valence-corrected chi connectivity index (χ4v) is 1.67. The lowest BCUT2D eigenvalue weighted by Crippen LogP contribution is -2.59. The van der Waals surface area contributed by atoms with Gasteiger partial charge in [-0.15, -0.1) is 0 Å². The molecule has 1 fully saturated rings. The van der Waals surface area contributed by atoms with Crippen LogP contribution in [0.25, 0.3) is 0 Å². The standard InChI is InChI=1S/C8H16N2O2/c1-6-5-7(2)10(6)8(12)9-3-4-11/h6-7,11H,3-5H2,1-2H3,(H,9,12). The number of aliphatic hydroxyl groups excluding tert-OH is 1. The molecule has 1 heterocycles. The van der Waals surface area contributed by atoms with Crippen LogP contribution in [0.1, 0.15) is 20.3 Å². The quantitative estimate of drug-likeness (QED) is 0.624. The lowest BCUT2D eigenvalue weighted by atomic mass is 9.97. The van der Waals surface area contributed by atoms with E-state index in [0.29, 0.717) is 18.6 Å². The van der Waals surface area contributed by atoms with Gasteiger partial charge in [0.2, 0.25) is 0 Å². The molecular formula is C8H16N2O2. The van der Waals surface area contributed by atoms with Crippen LogP contribution in [0, 0.1) is 0 Å². The highest BCUT2D eigenvalue weighted by atomic mass is 16.3. The van der Waals surface area contributed by atoms with Crippen LogP contribution in [0.5, 0.6) is 0 Å². The second-order valence-corrected chi connectivity index (χ2v) is 3.30. The number of urea groups is 1. The molecule has 1 aliphatic rings. The zero-order valence-electron chi connectivity index (χ0n) is 7.58. The number of nitrogens with zero attached hydrogens (tertiary/aromatic N) is 1. The molecule has 12 heavy (non-hydrogen) atoms. The van der Waals surface area contributed by atoms with Gasteiger partial charge in [0.1, 0.15) is 0 Å². The summed E-state index contributed by atoms with van der Waals surface area (Å²) in [7, 11) is 0. The molecule has 1 rings (SSSR count).